The van der Waals surface area contributed by atoms with Crippen molar-refractivity contribution in [2.45, 2.75) is 44.4 Å². The molecule has 164 valence electrons. The first kappa shape index (κ1) is 21.2. The zero-order valence-electron chi connectivity index (χ0n) is 17.7. The van der Waals surface area contributed by atoms with E-state index >= 15 is 0 Å². The van der Waals surface area contributed by atoms with Crippen molar-refractivity contribution in [3.63, 3.8) is 0 Å². The monoisotopic (exact) mass is 468 g/mol. The molecule has 2 atom stereocenters. The number of hydrogen-bond acceptors (Lipinski definition) is 4. The van der Waals surface area contributed by atoms with E-state index in [2.05, 4.69) is 24.7 Å². The number of hydrogen-bond donors (Lipinski definition) is 2. The molecule has 6 nitrogen and oxygen atoms in total. The molecule has 0 saturated heterocycles. The second kappa shape index (κ2) is 7.42. The van der Waals surface area contributed by atoms with Gasteiger partial charge in [0, 0.05) is 5.92 Å². The van der Waals surface area contributed by atoms with Crippen molar-refractivity contribution in [3.8, 4) is 0 Å². The number of fused-ring (bicyclic) bond motifs is 6. The van der Waals surface area contributed by atoms with Gasteiger partial charge < -0.3 is 0 Å². The van der Waals surface area contributed by atoms with Gasteiger partial charge in [-0.3, -0.25) is 20.4 Å². The lowest BCUT2D eigenvalue weighted by atomic mass is 9.68. The summed E-state index contributed by atoms with van der Waals surface area (Å²) in [4.78, 5) is 35.7. The second-order valence-electron chi connectivity index (χ2n) is 9.10. The fraction of sp³-hybridized carbons (Fsp3) is 0.333. The Morgan fingerprint density at radius 2 is 1.69 bits per heavy atom. The lowest BCUT2D eigenvalue weighted by molar-refractivity contribution is -0.134. The fourth-order valence-electron chi connectivity index (χ4n) is 5.44. The molecule has 1 aromatic heterocycles. The predicted molar refractivity (Wildman–Crippen MR) is 123 cm³/mol. The lowest BCUT2D eigenvalue weighted by Crippen LogP contribution is -2.55. The largest absolute Gasteiger partial charge is 0.273 e. The van der Waals surface area contributed by atoms with Crippen LogP contribution in [-0.4, -0.2) is 21.8 Å². The summed E-state index contributed by atoms with van der Waals surface area (Å²) in [5.74, 6) is -0.453. The molecule has 3 aromatic rings. The Labute approximate surface area is 195 Å². The zero-order valence-corrected chi connectivity index (χ0v) is 19.2. The van der Waals surface area contributed by atoms with Crippen LogP contribution in [-0.2, 0) is 21.4 Å². The van der Waals surface area contributed by atoms with E-state index < -0.39 is 10.8 Å². The quantitative estimate of drug-likeness (QED) is 0.554. The van der Waals surface area contributed by atoms with E-state index in [0.717, 1.165) is 17.7 Å². The third kappa shape index (κ3) is 3.00. The Hall–Kier alpha value is -2.70. The van der Waals surface area contributed by atoms with Gasteiger partial charge in [-0.2, -0.15) is 0 Å². The fourth-order valence-corrected chi connectivity index (χ4v) is 5.75. The first-order chi connectivity index (χ1) is 15.2. The molecule has 32 heavy (non-hydrogen) atoms. The van der Waals surface area contributed by atoms with Gasteiger partial charge in [-0.25, -0.2) is 9.97 Å². The van der Waals surface area contributed by atoms with E-state index in [1.54, 1.807) is 12.1 Å². The van der Waals surface area contributed by atoms with Gasteiger partial charge in [-0.05, 0) is 36.0 Å². The molecule has 2 aromatic carbocycles. The van der Waals surface area contributed by atoms with Crippen molar-refractivity contribution >= 4 is 46.0 Å². The zero-order chi connectivity index (χ0) is 22.7. The predicted octanol–water partition coefficient (Wildman–Crippen LogP) is 4.48. The molecular formula is C24H22Cl2N4O2. The summed E-state index contributed by atoms with van der Waals surface area (Å²) in [7, 11) is 0. The molecule has 1 saturated carbocycles. The number of carbonyl (C=O) groups excluding carboxylic acids is 2. The summed E-state index contributed by atoms with van der Waals surface area (Å²) in [6.07, 6.45) is 1.65. The maximum atomic E-state index is 13.6. The number of amides is 2. The van der Waals surface area contributed by atoms with Gasteiger partial charge in [0.05, 0.1) is 38.9 Å². The summed E-state index contributed by atoms with van der Waals surface area (Å²) in [5, 5.41) is 0.812. The SMILES string of the molecule is CC1(C)C2CCC1(C(=O)NNC(=O)Cc1ccccc1)c1nc3cc(Cl)c(Cl)cc3nc12. The van der Waals surface area contributed by atoms with Crippen LogP contribution in [0.1, 0.15) is 49.6 Å². The van der Waals surface area contributed by atoms with Gasteiger partial charge in [-0.1, -0.05) is 67.4 Å². The highest BCUT2D eigenvalue weighted by atomic mass is 35.5. The smallest absolute Gasteiger partial charge is 0.251 e. The molecule has 1 heterocycles. The Morgan fingerprint density at radius 3 is 2.38 bits per heavy atom. The Morgan fingerprint density at radius 1 is 1.03 bits per heavy atom. The van der Waals surface area contributed by atoms with Crippen LogP contribution in [0.25, 0.3) is 11.0 Å². The van der Waals surface area contributed by atoms with Gasteiger partial charge in [0.1, 0.15) is 5.41 Å². The number of hydrazine groups is 1. The van der Waals surface area contributed by atoms with Crippen LogP contribution in [0.2, 0.25) is 10.0 Å². The molecule has 2 N–H and O–H groups in total. The first-order valence-electron chi connectivity index (χ1n) is 10.5. The maximum Gasteiger partial charge on any atom is 0.251 e. The van der Waals surface area contributed by atoms with E-state index in [9.17, 15) is 9.59 Å². The van der Waals surface area contributed by atoms with E-state index in [1.165, 1.54) is 0 Å². The van der Waals surface area contributed by atoms with Gasteiger partial charge in [0.25, 0.3) is 5.91 Å². The van der Waals surface area contributed by atoms with Gasteiger partial charge in [0.2, 0.25) is 5.91 Å². The molecule has 2 aliphatic carbocycles. The molecule has 8 heteroatoms. The highest BCUT2D eigenvalue weighted by Crippen LogP contribution is 2.67. The summed E-state index contributed by atoms with van der Waals surface area (Å²) in [6, 6.07) is 12.8. The molecule has 2 bridgehead atoms. The molecule has 5 rings (SSSR count). The average Bonchev–Trinajstić information content (AvgIpc) is 3.13. The van der Waals surface area contributed by atoms with Crippen molar-refractivity contribution in [3.05, 3.63) is 69.5 Å². The summed E-state index contributed by atoms with van der Waals surface area (Å²) in [6.45, 7) is 4.15. The van der Waals surface area contributed by atoms with Crippen LogP contribution >= 0.6 is 23.2 Å². The molecule has 0 radical (unpaired) electrons. The number of halogens is 2. The van der Waals surface area contributed by atoms with Crippen LogP contribution in [0.5, 0.6) is 0 Å². The highest BCUT2D eigenvalue weighted by Gasteiger charge is 2.68. The van der Waals surface area contributed by atoms with E-state index in [1.807, 2.05) is 30.3 Å². The number of nitrogens with one attached hydrogen (secondary N) is 2. The van der Waals surface area contributed by atoms with Gasteiger partial charge in [0.15, 0.2) is 0 Å². The maximum absolute atomic E-state index is 13.6. The average molecular weight is 469 g/mol. The molecule has 0 aliphatic heterocycles. The molecule has 2 unspecified atom stereocenters. The van der Waals surface area contributed by atoms with Crippen LogP contribution in [0.15, 0.2) is 42.5 Å². The van der Waals surface area contributed by atoms with E-state index in [-0.39, 0.29) is 24.2 Å². The molecule has 1 fully saturated rings. The highest BCUT2D eigenvalue weighted by molar-refractivity contribution is 6.42. The standard InChI is InChI=1S/C24H22Cl2N4O2/c1-23(2)14-8-9-24(23,22(32)30-29-19(31)10-13-6-4-3-5-7-13)21-20(14)27-17-11-15(25)16(26)12-18(17)28-21/h3-7,11-12,14H,8-10H2,1-2H3,(H,29,31)(H,30,32). The summed E-state index contributed by atoms with van der Waals surface area (Å²) in [5.41, 5.74) is 7.59. The Kier molecular flexibility index (Phi) is 4.91. The number of aromatic nitrogens is 2. The molecule has 2 amide bonds. The number of benzene rings is 2. The molecular weight excluding hydrogens is 447 g/mol. The van der Waals surface area contributed by atoms with Crippen molar-refractivity contribution in [1.82, 2.24) is 20.8 Å². The lowest BCUT2D eigenvalue weighted by Gasteiger charge is -2.36. The van der Waals surface area contributed by atoms with Crippen molar-refractivity contribution in [2.75, 3.05) is 0 Å². The topological polar surface area (TPSA) is 84.0 Å². The van der Waals surface area contributed by atoms with Crippen LogP contribution in [0.4, 0.5) is 0 Å². The first-order valence-corrected chi connectivity index (χ1v) is 11.3. The van der Waals surface area contributed by atoms with Crippen LogP contribution in [0, 0.1) is 5.41 Å². The van der Waals surface area contributed by atoms with Crippen molar-refractivity contribution < 1.29 is 9.59 Å². The third-order valence-electron chi connectivity index (χ3n) is 7.16. The number of rotatable bonds is 3. The van der Waals surface area contributed by atoms with Gasteiger partial charge >= 0.3 is 0 Å². The summed E-state index contributed by atoms with van der Waals surface area (Å²) >= 11 is 12.4. The van der Waals surface area contributed by atoms with E-state index in [4.69, 9.17) is 33.2 Å². The third-order valence-corrected chi connectivity index (χ3v) is 7.88. The van der Waals surface area contributed by atoms with Crippen molar-refractivity contribution in [2.24, 2.45) is 5.41 Å². The minimum atomic E-state index is -0.889. The van der Waals surface area contributed by atoms with Crippen LogP contribution in [0.3, 0.4) is 0 Å². The van der Waals surface area contributed by atoms with E-state index in [0.29, 0.717) is 33.2 Å². The van der Waals surface area contributed by atoms with Crippen molar-refractivity contribution in [1.29, 1.82) is 0 Å². The normalized spacial score (nSPS) is 22.6. The molecule has 0 spiro atoms. The molecule has 2 aliphatic rings. The minimum Gasteiger partial charge on any atom is -0.273 e. The minimum absolute atomic E-state index is 0.0922. The van der Waals surface area contributed by atoms with Gasteiger partial charge in [-0.15, -0.1) is 0 Å². The number of nitrogens with zero attached hydrogens (tertiary/aromatic N) is 2. The number of carbonyl (C=O) groups is 2. The second-order valence-corrected chi connectivity index (χ2v) is 9.91. The van der Waals surface area contributed by atoms with Crippen LogP contribution < -0.4 is 10.9 Å². The summed E-state index contributed by atoms with van der Waals surface area (Å²) < 4.78 is 0. The Bertz CT molecular complexity index is 1260. The Balaban J connectivity index is 1.46.